The third-order valence-electron chi connectivity index (χ3n) is 5.23. The van der Waals surface area contributed by atoms with Crippen molar-refractivity contribution in [3.05, 3.63) is 35.4 Å². The van der Waals surface area contributed by atoms with E-state index < -0.39 is 0 Å². The third kappa shape index (κ3) is 4.29. The molecule has 0 radical (unpaired) electrons. The molecule has 0 amide bonds. The minimum Gasteiger partial charge on any atom is -0.357 e. The summed E-state index contributed by atoms with van der Waals surface area (Å²) in [6.45, 7) is 9.50. The molecule has 1 saturated heterocycles. The van der Waals surface area contributed by atoms with Crippen LogP contribution in [0.25, 0.3) is 0 Å². The SMILES string of the molecule is CCNC(=NCc1ccccc1CC)NC1CC(C)N(C2CC2)C1. The van der Waals surface area contributed by atoms with E-state index in [1.54, 1.807) is 0 Å². The fourth-order valence-corrected chi connectivity index (χ4v) is 3.81. The number of rotatable bonds is 6. The summed E-state index contributed by atoms with van der Waals surface area (Å²) in [7, 11) is 0. The van der Waals surface area contributed by atoms with Crippen LogP contribution in [0.2, 0.25) is 0 Å². The number of nitrogens with one attached hydrogen (secondary N) is 2. The number of aryl methyl sites for hydroxylation is 1. The summed E-state index contributed by atoms with van der Waals surface area (Å²) in [5.41, 5.74) is 2.73. The van der Waals surface area contributed by atoms with Gasteiger partial charge in [0.25, 0.3) is 0 Å². The van der Waals surface area contributed by atoms with Crippen molar-refractivity contribution >= 4 is 5.96 Å². The van der Waals surface area contributed by atoms with Gasteiger partial charge in [0.05, 0.1) is 6.54 Å². The minimum atomic E-state index is 0.514. The van der Waals surface area contributed by atoms with Gasteiger partial charge < -0.3 is 10.6 Å². The topological polar surface area (TPSA) is 39.7 Å². The van der Waals surface area contributed by atoms with Crippen molar-refractivity contribution in [2.24, 2.45) is 4.99 Å². The highest BCUT2D eigenvalue weighted by Crippen LogP contribution is 2.33. The second-order valence-corrected chi connectivity index (χ2v) is 7.17. The van der Waals surface area contributed by atoms with Gasteiger partial charge in [0, 0.05) is 31.2 Å². The van der Waals surface area contributed by atoms with E-state index in [1.165, 1.54) is 30.4 Å². The van der Waals surface area contributed by atoms with Crippen LogP contribution in [0.15, 0.2) is 29.3 Å². The van der Waals surface area contributed by atoms with Crippen LogP contribution in [0.5, 0.6) is 0 Å². The van der Waals surface area contributed by atoms with Gasteiger partial charge >= 0.3 is 0 Å². The molecule has 2 unspecified atom stereocenters. The maximum absolute atomic E-state index is 4.84. The molecule has 1 saturated carbocycles. The molecular weight excluding hydrogens is 296 g/mol. The lowest BCUT2D eigenvalue weighted by Gasteiger charge is -2.20. The molecule has 1 aromatic rings. The lowest BCUT2D eigenvalue weighted by Crippen LogP contribution is -2.44. The van der Waals surface area contributed by atoms with E-state index >= 15 is 0 Å². The van der Waals surface area contributed by atoms with E-state index in [0.717, 1.165) is 38.1 Å². The number of nitrogens with zero attached hydrogens (tertiary/aromatic N) is 2. The van der Waals surface area contributed by atoms with Crippen LogP contribution >= 0.6 is 0 Å². The van der Waals surface area contributed by atoms with Gasteiger partial charge in [-0.05, 0) is 50.7 Å². The van der Waals surface area contributed by atoms with Gasteiger partial charge in [-0.1, -0.05) is 31.2 Å². The van der Waals surface area contributed by atoms with Crippen molar-refractivity contribution < 1.29 is 0 Å². The Morgan fingerprint density at radius 1 is 1.21 bits per heavy atom. The van der Waals surface area contributed by atoms with E-state index in [0.29, 0.717) is 12.1 Å². The Kier molecular flexibility index (Phi) is 5.77. The second kappa shape index (κ2) is 8.02. The van der Waals surface area contributed by atoms with Crippen LogP contribution < -0.4 is 10.6 Å². The quantitative estimate of drug-likeness (QED) is 0.623. The molecule has 2 aliphatic rings. The molecule has 1 aromatic carbocycles. The molecule has 24 heavy (non-hydrogen) atoms. The second-order valence-electron chi connectivity index (χ2n) is 7.17. The Bertz CT molecular complexity index is 565. The highest BCUT2D eigenvalue weighted by atomic mass is 15.3. The Balaban J connectivity index is 1.61. The Morgan fingerprint density at radius 3 is 2.62 bits per heavy atom. The first-order chi connectivity index (χ1) is 11.7. The van der Waals surface area contributed by atoms with Crippen LogP contribution in [0.4, 0.5) is 0 Å². The van der Waals surface area contributed by atoms with E-state index in [-0.39, 0.29) is 0 Å². The molecule has 2 N–H and O–H groups in total. The van der Waals surface area contributed by atoms with Crippen LogP contribution in [0.1, 0.15) is 51.2 Å². The first-order valence-electron chi connectivity index (χ1n) is 9.58. The van der Waals surface area contributed by atoms with Gasteiger partial charge in [0.2, 0.25) is 0 Å². The van der Waals surface area contributed by atoms with E-state index in [1.807, 2.05) is 0 Å². The van der Waals surface area contributed by atoms with Gasteiger partial charge in [-0.15, -0.1) is 0 Å². The number of guanidine groups is 1. The summed E-state index contributed by atoms with van der Waals surface area (Å²) in [6, 6.07) is 10.7. The van der Waals surface area contributed by atoms with Crippen molar-refractivity contribution in [2.75, 3.05) is 13.1 Å². The third-order valence-corrected chi connectivity index (χ3v) is 5.23. The molecule has 0 bridgehead atoms. The van der Waals surface area contributed by atoms with E-state index in [9.17, 15) is 0 Å². The fourth-order valence-electron chi connectivity index (χ4n) is 3.81. The highest BCUT2D eigenvalue weighted by molar-refractivity contribution is 5.80. The Morgan fingerprint density at radius 2 is 1.96 bits per heavy atom. The number of likely N-dealkylation sites (tertiary alicyclic amines) is 1. The Hall–Kier alpha value is -1.55. The molecule has 3 rings (SSSR count). The minimum absolute atomic E-state index is 0.514. The van der Waals surface area contributed by atoms with Gasteiger partial charge in [0.1, 0.15) is 0 Å². The number of hydrogen-bond donors (Lipinski definition) is 2. The average molecular weight is 329 g/mol. The highest BCUT2D eigenvalue weighted by Gasteiger charge is 2.38. The zero-order chi connectivity index (χ0) is 16.9. The number of aliphatic imine (C=N–C) groups is 1. The molecular formula is C20H32N4. The van der Waals surface area contributed by atoms with Crippen molar-refractivity contribution in [3.63, 3.8) is 0 Å². The van der Waals surface area contributed by atoms with Gasteiger partial charge in [-0.2, -0.15) is 0 Å². The molecule has 2 fully saturated rings. The first kappa shape index (κ1) is 17.3. The van der Waals surface area contributed by atoms with Gasteiger partial charge in [0.15, 0.2) is 5.96 Å². The van der Waals surface area contributed by atoms with E-state index in [4.69, 9.17) is 4.99 Å². The summed E-state index contributed by atoms with van der Waals surface area (Å²) < 4.78 is 0. The van der Waals surface area contributed by atoms with Crippen LogP contribution in [0.3, 0.4) is 0 Å². The van der Waals surface area contributed by atoms with Gasteiger partial charge in [-0.25, -0.2) is 4.99 Å². The summed E-state index contributed by atoms with van der Waals surface area (Å²) in [4.78, 5) is 7.52. The molecule has 0 aromatic heterocycles. The van der Waals surface area contributed by atoms with Gasteiger partial charge in [-0.3, -0.25) is 4.90 Å². The van der Waals surface area contributed by atoms with Crippen LogP contribution in [-0.4, -0.2) is 42.1 Å². The Labute approximate surface area is 146 Å². The summed E-state index contributed by atoms with van der Waals surface area (Å²) in [5.74, 6) is 0.957. The zero-order valence-corrected chi connectivity index (χ0v) is 15.4. The molecule has 4 heteroatoms. The van der Waals surface area contributed by atoms with Crippen LogP contribution in [-0.2, 0) is 13.0 Å². The molecule has 0 spiro atoms. The molecule has 1 aliphatic carbocycles. The summed E-state index contributed by atoms with van der Waals surface area (Å²) in [6.07, 6.45) is 5.05. The first-order valence-corrected chi connectivity index (χ1v) is 9.58. The predicted molar refractivity (Wildman–Crippen MR) is 101 cm³/mol. The molecule has 1 aliphatic heterocycles. The van der Waals surface area contributed by atoms with E-state index in [2.05, 4.69) is 60.6 Å². The standard InChI is InChI=1S/C20H32N4/c1-4-16-8-6-7-9-17(16)13-22-20(21-5-2)23-18-12-15(3)24(14-18)19-10-11-19/h6-9,15,18-19H,4-5,10-14H2,1-3H3,(H2,21,22,23). The molecule has 2 atom stereocenters. The van der Waals surface area contributed by atoms with Crippen molar-refractivity contribution in [1.82, 2.24) is 15.5 Å². The van der Waals surface area contributed by atoms with Crippen LogP contribution in [0, 0.1) is 0 Å². The molecule has 132 valence electrons. The number of hydrogen-bond acceptors (Lipinski definition) is 2. The maximum atomic E-state index is 4.84. The average Bonchev–Trinajstić information content (AvgIpc) is 3.36. The van der Waals surface area contributed by atoms with Crippen molar-refractivity contribution in [3.8, 4) is 0 Å². The number of benzene rings is 1. The normalized spacial score (nSPS) is 25.0. The fraction of sp³-hybridized carbons (Fsp3) is 0.650. The lowest BCUT2D eigenvalue weighted by atomic mass is 10.1. The summed E-state index contributed by atoms with van der Waals surface area (Å²) in [5, 5.41) is 7.08. The smallest absolute Gasteiger partial charge is 0.191 e. The lowest BCUT2D eigenvalue weighted by molar-refractivity contribution is 0.256. The predicted octanol–water partition coefficient (Wildman–Crippen LogP) is 2.93. The summed E-state index contributed by atoms with van der Waals surface area (Å²) >= 11 is 0. The zero-order valence-electron chi connectivity index (χ0n) is 15.4. The largest absolute Gasteiger partial charge is 0.357 e. The molecule has 4 nitrogen and oxygen atoms in total. The monoisotopic (exact) mass is 328 g/mol. The maximum Gasteiger partial charge on any atom is 0.191 e. The molecule has 1 heterocycles. The van der Waals surface area contributed by atoms with Crippen molar-refractivity contribution in [2.45, 2.75) is 71.1 Å². The van der Waals surface area contributed by atoms with Crippen molar-refractivity contribution in [1.29, 1.82) is 0 Å².